The van der Waals surface area contributed by atoms with Crippen LogP contribution in [0.5, 0.6) is 5.75 Å². The number of nitrogens with one attached hydrogen (secondary N) is 1. The van der Waals surface area contributed by atoms with Gasteiger partial charge in [-0.15, -0.1) is 0 Å². The van der Waals surface area contributed by atoms with E-state index in [1.807, 2.05) is 0 Å². The summed E-state index contributed by atoms with van der Waals surface area (Å²) in [5.41, 5.74) is 3.98. The Hall–Kier alpha value is -1.80. The highest BCUT2D eigenvalue weighted by Crippen LogP contribution is 2.30. The van der Waals surface area contributed by atoms with E-state index in [0.29, 0.717) is 0 Å². The molecule has 1 aliphatic heterocycles. The van der Waals surface area contributed by atoms with Crippen LogP contribution in [0.3, 0.4) is 0 Å². The van der Waals surface area contributed by atoms with Crippen molar-refractivity contribution in [1.29, 1.82) is 0 Å². The molecule has 0 spiro atoms. The average molecular weight is 267 g/mol. The Balaban J connectivity index is 1.92. The standard InChI is InChI=1S/C18H21NO/c1-2-11-19-18(14-6-4-3-5-7-14)16-8-9-17-15(13-16)10-12-20-17/h3-9,13,18-19H,2,10-12H2,1H3. The molecule has 1 aliphatic rings. The molecule has 1 atom stereocenters. The lowest BCUT2D eigenvalue weighted by atomic mass is 9.96. The number of ether oxygens (including phenoxy) is 1. The van der Waals surface area contributed by atoms with Crippen molar-refractivity contribution in [2.75, 3.05) is 13.2 Å². The van der Waals surface area contributed by atoms with E-state index in [-0.39, 0.29) is 6.04 Å². The van der Waals surface area contributed by atoms with Gasteiger partial charge in [-0.25, -0.2) is 0 Å². The maximum Gasteiger partial charge on any atom is 0.122 e. The molecule has 0 amide bonds. The first kappa shape index (κ1) is 13.2. The van der Waals surface area contributed by atoms with Crippen LogP contribution in [0.15, 0.2) is 48.5 Å². The second-order valence-corrected chi connectivity index (χ2v) is 5.26. The molecule has 1 unspecified atom stereocenters. The Morgan fingerprint density at radius 2 is 1.95 bits per heavy atom. The molecule has 1 N–H and O–H groups in total. The van der Waals surface area contributed by atoms with Gasteiger partial charge in [0.05, 0.1) is 12.6 Å². The summed E-state index contributed by atoms with van der Waals surface area (Å²) in [6, 6.07) is 17.5. The van der Waals surface area contributed by atoms with Gasteiger partial charge in [-0.3, -0.25) is 0 Å². The fraction of sp³-hybridized carbons (Fsp3) is 0.333. The molecule has 0 aromatic heterocycles. The van der Waals surface area contributed by atoms with Crippen molar-refractivity contribution < 1.29 is 4.74 Å². The van der Waals surface area contributed by atoms with Crippen LogP contribution in [-0.4, -0.2) is 13.2 Å². The van der Waals surface area contributed by atoms with Crippen LogP contribution in [0.4, 0.5) is 0 Å². The van der Waals surface area contributed by atoms with Gasteiger partial charge in [-0.05, 0) is 35.7 Å². The van der Waals surface area contributed by atoms with E-state index >= 15 is 0 Å². The highest BCUT2D eigenvalue weighted by atomic mass is 16.5. The predicted octanol–water partition coefficient (Wildman–Crippen LogP) is 3.71. The van der Waals surface area contributed by atoms with Gasteiger partial charge in [-0.1, -0.05) is 49.4 Å². The summed E-state index contributed by atoms with van der Waals surface area (Å²) in [5, 5.41) is 3.65. The molecule has 0 aliphatic carbocycles. The maximum atomic E-state index is 5.60. The Kier molecular flexibility index (Phi) is 4.03. The van der Waals surface area contributed by atoms with Gasteiger partial charge in [-0.2, -0.15) is 0 Å². The van der Waals surface area contributed by atoms with E-state index in [4.69, 9.17) is 4.74 Å². The van der Waals surface area contributed by atoms with Crippen molar-refractivity contribution in [2.45, 2.75) is 25.8 Å². The first-order chi connectivity index (χ1) is 9.88. The Bertz CT molecular complexity index is 565. The van der Waals surface area contributed by atoms with Crippen LogP contribution >= 0.6 is 0 Å². The minimum Gasteiger partial charge on any atom is -0.493 e. The van der Waals surface area contributed by atoms with E-state index in [1.54, 1.807) is 0 Å². The van der Waals surface area contributed by atoms with Gasteiger partial charge in [0.25, 0.3) is 0 Å². The molecule has 0 fully saturated rings. The van der Waals surface area contributed by atoms with Crippen molar-refractivity contribution in [3.05, 3.63) is 65.2 Å². The SMILES string of the molecule is CCCNC(c1ccccc1)c1ccc2c(c1)CCO2. The molecule has 0 saturated carbocycles. The van der Waals surface area contributed by atoms with Crippen molar-refractivity contribution in [3.8, 4) is 5.75 Å². The summed E-state index contributed by atoms with van der Waals surface area (Å²) in [4.78, 5) is 0. The molecule has 0 radical (unpaired) electrons. The second-order valence-electron chi connectivity index (χ2n) is 5.26. The summed E-state index contributed by atoms with van der Waals surface area (Å²) in [6.45, 7) is 4.04. The van der Waals surface area contributed by atoms with Crippen molar-refractivity contribution in [2.24, 2.45) is 0 Å². The number of hydrogen-bond acceptors (Lipinski definition) is 2. The fourth-order valence-corrected chi connectivity index (χ4v) is 2.75. The molecule has 0 bridgehead atoms. The highest BCUT2D eigenvalue weighted by molar-refractivity contribution is 5.43. The summed E-state index contributed by atoms with van der Waals surface area (Å²) in [5.74, 6) is 1.05. The van der Waals surface area contributed by atoms with Gasteiger partial charge >= 0.3 is 0 Å². The predicted molar refractivity (Wildman–Crippen MR) is 82.2 cm³/mol. The van der Waals surface area contributed by atoms with E-state index < -0.39 is 0 Å². The smallest absolute Gasteiger partial charge is 0.122 e. The number of fused-ring (bicyclic) bond motifs is 1. The van der Waals surface area contributed by atoms with E-state index in [9.17, 15) is 0 Å². The zero-order chi connectivity index (χ0) is 13.8. The van der Waals surface area contributed by atoms with Crippen LogP contribution in [0.1, 0.15) is 36.1 Å². The normalized spacial score (nSPS) is 14.7. The monoisotopic (exact) mass is 267 g/mol. The van der Waals surface area contributed by atoms with Crippen LogP contribution < -0.4 is 10.1 Å². The maximum absolute atomic E-state index is 5.60. The minimum atomic E-state index is 0.266. The molecule has 104 valence electrons. The summed E-state index contributed by atoms with van der Waals surface area (Å²) in [7, 11) is 0. The summed E-state index contributed by atoms with van der Waals surface area (Å²) < 4.78 is 5.60. The molecule has 2 heteroatoms. The Morgan fingerprint density at radius 1 is 1.10 bits per heavy atom. The minimum absolute atomic E-state index is 0.266. The van der Waals surface area contributed by atoms with Crippen LogP contribution in [-0.2, 0) is 6.42 Å². The molecular weight excluding hydrogens is 246 g/mol. The highest BCUT2D eigenvalue weighted by Gasteiger charge is 2.17. The molecular formula is C18H21NO. The first-order valence-corrected chi connectivity index (χ1v) is 7.42. The zero-order valence-corrected chi connectivity index (χ0v) is 11.9. The van der Waals surface area contributed by atoms with E-state index in [1.165, 1.54) is 16.7 Å². The third-order valence-corrected chi connectivity index (χ3v) is 3.78. The van der Waals surface area contributed by atoms with Gasteiger partial charge in [0.15, 0.2) is 0 Å². The van der Waals surface area contributed by atoms with Crippen molar-refractivity contribution >= 4 is 0 Å². The molecule has 20 heavy (non-hydrogen) atoms. The molecule has 2 aromatic carbocycles. The Labute approximate surface area is 120 Å². The third kappa shape index (κ3) is 2.70. The lowest BCUT2D eigenvalue weighted by molar-refractivity contribution is 0.357. The van der Waals surface area contributed by atoms with Gasteiger partial charge in [0, 0.05) is 6.42 Å². The van der Waals surface area contributed by atoms with Gasteiger partial charge < -0.3 is 10.1 Å². The lowest BCUT2D eigenvalue weighted by Crippen LogP contribution is -2.23. The number of rotatable bonds is 5. The third-order valence-electron chi connectivity index (χ3n) is 3.78. The summed E-state index contributed by atoms with van der Waals surface area (Å²) in [6.07, 6.45) is 2.16. The van der Waals surface area contributed by atoms with Crippen LogP contribution in [0, 0.1) is 0 Å². The fourth-order valence-electron chi connectivity index (χ4n) is 2.75. The van der Waals surface area contributed by atoms with Gasteiger partial charge in [0.2, 0.25) is 0 Å². The zero-order valence-electron chi connectivity index (χ0n) is 11.9. The first-order valence-electron chi connectivity index (χ1n) is 7.42. The van der Waals surface area contributed by atoms with Gasteiger partial charge in [0.1, 0.15) is 5.75 Å². The van der Waals surface area contributed by atoms with E-state index in [2.05, 4.69) is 60.8 Å². The quantitative estimate of drug-likeness (QED) is 0.891. The molecule has 2 nitrogen and oxygen atoms in total. The van der Waals surface area contributed by atoms with Crippen LogP contribution in [0.25, 0.3) is 0 Å². The average Bonchev–Trinajstić information content (AvgIpc) is 2.96. The number of hydrogen-bond donors (Lipinski definition) is 1. The molecule has 1 heterocycles. The van der Waals surface area contributed by atoms with Crippen molar-refractivity contribution in [1.82, 2.24) is 5.32 Å². The number of benzene rings is 2. The topological polar surface area (TPSA) is 21.3 Å². The van der Waals surface area contributed by atoms with E-state index in [0.717, 1.165) is 31.7 Å². The largest absolute Gasteiger partial charge is 0.493 e. The second kappa shape index (κ2) is 6.10. The molecule has 2 aromatic rings. The lowest BCUT2D eigenvalue weighted by Gasteiger charge is -2.20. The Morgan fingerprint density at radius 3 is 2.75 bits per heavy atom. The van der Waals surface area contributed by atoms with Crippen LogP contribution in [0.2, 0.25) is 0 Å². The molecule has 3 rings (SSSR count). The molecule has 0 saturated heterocycles. The van der Waals surface area contributed by atoms with Crippen molar-refractivity contribution in [3.63, 3.8) is 0 Å². The summed E-state index contributed by atoms with van der Waals surface area (Å²) >= 11 is 0.